The molecule has 0 saturated carbocycles. The first kappa shape index (κ1) is 29.9. The number of nitrogens with one attached hydrogen (secondary N) is 2. The van der Waals surface area contributed by atoms with Crippen LogP contribution in [0.25, 0.3) is 0 Å². The second-order valence-corrected chi connectivity index (χ2v) is 8.69. The Labute approximate surface area is 209 Å². The molecule has 1 aromatic rings. The van der Waals surface area contributed by atoms with E-state index in [2.05, 4.69) is 15.6 Å². The number of hydrogen-bond acceptors (Lipinski definition) is 5. The fraction of sp³-hybridized carbons (Fsp3) is 0.600. The molecule has 4 atom stereocenters. The fourth-order valence-corrected chi connectivity index (χ4v) is 3.63. The van der Waals surface area contributed by atoms with Gasteiger partial charge in [0, 0.05) is 26.1 Å². The Kier molecular flexibility index (Phi) is 13.4. The Balaban J connectivity index is 2.76. The summed E-state index contributed by atoms with van der Waals surface area (Å²) >= 11 is 0. The van der Waals surface area contributed by atoms with Gasteiger partial charge in [-0.2, -0.15) is 0 Å². The van der Waals surface area contributed by atoms with Crippen molar-refractivity contribution in [2.45, 2.75) is 71.5 Å². The standard InChI is InChI=1S/C25H43N7O3/c1-5-17(4)21(24(35)30-20(22(27)33)16-18-12-9-8-10-13-18)31-23(34)19(26)14-11-15-32(7-3)25(28)29-6-2/h8-10,12-13,17,19-21H,5-7,11,14-16,26H2,1-4H3,(H2,27,33)(H2,28,29)(H,30,35)(H,31,34)/t17-,19-,20-,21-/m0/s1. The smallest absolute Gasteiger partial charge is 0.243 e. The van der Waals surface area contributed by atoms with E-state index in [-0.39, 0.29) is 12.3 Å². The topological polar surface area (TPSA) is 169 Å². The van der Waals surface area contributed by atoms with E-state index in [9.17, 15) is 14.4 Å². The summed E-state index contributed by atoms with van der Waals surface area (Å²) < 4.78 is 0. The van der Waals surface area contributed by atoms with Gasteiger partial charge in [0.15, 0.2) is 5.96 Å². The Bertz CT molecular complexity index is 832. The van der Waals surface area contributed by atoms with Crippen LogP contribution in [0.4, 0.5) is 0 Å². The maximum absolute atomic E-state index is 13.1. The Morgan fingerprint density at radius 1 is 1.03 bits per heavy atom. The molecule has 0 saturated heterocycles. The van der Waals surface area contributed by atoms with Gasteiger partial charge in [0.1, 0.15) is 12.1 Å². The molecule has 0 unspecified atom stereocenters. The normalized spacial score (nSPS) is 14.9. The maximum atomic E-state index is 13.1. The number of primary amides is 1. The fourth-order valence-electron chi connectivity index (χ4n) is 3.63. The van der Waals surface area contributed by atoms with Crippen LogP contribution in [0.1, 0.15) is 52.5 Å². The van der Waals surface area contributed by atoms with Crippen molar-refractivity contribution in [3.05, 3.63) is 35.9 Å². The van der Waals surface area contributed by atoms with Gasteiger partial charge in [-0.1, -0.05) is 50.6 Å². The highest BCUT2D eigenvalue weighted by Gasteiger charge is 2.30. The van der Waals surface area contributed by atoms with Gasteiger partial charge in [-0.3, -0.25) is 19.4 Å². The lowest BCUT2D eigenvalue weighted by Gasteiger charge is -2.27. The molecule has 0 fully saturated rings. The predicted molar refractivity (Wildman–Crippen MR) is 139 cm³/mol. The lowest BCUT2D eigenvalue weighted by Crippen LogP contribution is -2.57. The molecular formula is C25H43N7O3. The van der Waals surface area contributed by atoms with Crippen LogP contribution in [0.15, 0.2) is 35.3 Å². The molecule has 196 valence electrons. The van der Waals surface area contributed by atoms with Gasteiger partial charge in [-0.15, -0.1) is 0 Å². The zero-order chi connectivity index (χ0) is 26.4. The first-order valence-electron chi connectivity index (χ1n) is 12.4. The monoisotopic (exact) mass is 489 g/mol. The molecule has 10 nitrogen and oxygen atoms in total. The summed E-state index contributed by atoms with van der Waals surface area (Å²) in [5.41, 5.74) is 18.5. The number of benzene rings is 1. The zero-order valence-corrected chi connectivity index (χ0v) is 21.5. The first-order valence-corrected chi connectivity index (χ1v) is 12.4. The summed E-state index contributed by atoms with van der Waals surface area (Å²) in [6.45, 7) is 9.62. The Morgan fingerprint density at radius 2 is 1.69 bits per heavy atom. The van der Waals surface area contributed by atoms with Gasteiger partial charge >= 0.3 is 0 Å². The molecule has 3 amide bonds. The molecule has 0 bridgehead atoms. The number of aliphatic imine (C=N–C) groups is 1. The largest absolute Gasteiger partial charge is 0.370 e. The van der Waals surface area contributed by atoms with E-state index in [1.54, 1.807) is 0 Å². The highest BCUT2D eigenvalue weighted by Crippen LogP contribution is 2.11. The quantitative estimate of drug-likeness (QED) is 0.177. The van der Waals surface area contributed by atoms with Gasteiger partial charge in [0.25, 0.3) is 0 Å². The average Bonchev–Trinajstić information content (AvgIpc) is 2.84. The third-order valence-corrected chi connectivity index (χ3v) is 6.04. The predicted octanol–water partition coefficient (Wildman–Crippen LogP) is 0.494. The molecule has 0 heterocycles. The molecule has 0 aliphatic rings. The molecular weight excluding hydrogens is 446 g/mol. The van der Waals surface area contributed by atoms with Gasteiger partial charge in [0.05, 0.1) is 6.04 Å². The van der Waals surface area contributed by atoms with Crippen molar-refractivity contribution in [2.24, 2.45) is 28.1 Å². The minimum atomic E-state index is -0.891. The first-order chi connectivity index (χ1) is 16.6. The number of nitrogens with zero attached hydrogens (tertiary/aromatic N) is 2. The minimum Gasteiger partial charge on any atom is -0.370 e. The van der Waals surface area contributed by atoms with Gasteiger partial charge in [-0.05, 0) is 38.2 Å². The summed E-state index contributed by atoms with van der Waals surface area (Å²) in [6, 6.07) is 6.77. The SMILES string of the molecule is CCN=C(N)N(CC)CCC[C@H](N)C(=O)N[C@H](C(=O)N[C@@H](Cc1ccccc1)C(N)=O)[C@@H](C)CC. The summed E-state index contributed by atoms with van der Waals surface area (Å²) in [5, 5.41) is 5.49. The van der Waals surface area contributed by atoms with E-state index in [4.69, 9.17) is 17.2 Å². The summed E-state index contributed by atoms with van der Waals surface area (Å²) in [7, 11) is 0. The molecule has 8 N–H and O–H groups in total. The van der Waals surface area contributed by atoms with E-state index >= 15 is 0 Å². The van der Waals surface area contributed by atoms with E-state index in [1.807, 2.05) is 62.9 Å². The third kappa shape index (κ3) is 10.3. The van der Waals surface area contributed by atoms with Crippen LogP contribution in [0.3, 0.4) is 0 Å². The van der Waals surface area contributed by atoms with Gasteiger partial charge < -0.3 is 32.7 Å². The molecule has 35 heavy (non-hydrogen) atoms. The second-order valence-electron chi connectivity index (χ2n) is 8.69. The molecule has 0 aromatic heterocycles. The Morgan fingerprint density at radius 3 is 2.23 bits per heavy atom. The average molecular weight is 490 g/mol. The lowest BCUT2D eigenvalue weighted by atomic mass is 9.96. The van der Waals surface area contributed by atoms with Crippen LogP contribution >= 0.6 is 0 Å². The van der Waals surface area contributed by atoms with Gasteiger partial charge in [-0.25, -0.2) is 0 Å². The molecule has 1 rings (SSSR count). The number of hydrogen-bond donors (Lipinski definition) is 5. The van der Waals surface area contributed by atoms with Crippen molar-refractivity contribution < 1.29 is 14.4 Å². The van der Waals surface area contributed by atoms with Crippen molar-refractivity contribution in [3.63, 3.8) is 0 Å². The van der Waals surface area contributed by atoms with Crippen molar-refractivity contribution in [3.8, 4) is 0 Å². The number of amides is 3. The zero-order valence-electron chi connectivity index (χ0n) is 21.5. The highest BCUT2D eigenvalue weighted by molar-refractivity contribution is 5.93. The molecule has 10 heteroatoms. The number of rotatable bonds is 15. The van der Waals surface area contributed by atoms with E-state index in [1.165, 1.54) is 0 Å². The van der Waals surface area contributed by atoms with Crippen molar-refractivity contribution in [1.29, 1.82) is 0 Å². The lowest BCUT2D eigenvalue weighted by molar-refractivity contribution is -0.133. The van der Waals surface area contributed by atoms with Crippen molar-refractivity contribution in [2.75, 3.05) is 19.6 Å². The van der Waals surface area contributed by atoms with Gasteiger partial charge in [0.2, 0.25) is 17.7 Å². The maximum Gasteiger partial charge on any atom is 0.243 e. The number of carbonyl (C=O) groups is 3. The second kappa shape index (κ2) is 15.7. The van der Waals surface area contributed by atoms with E-state index in [0.717, 1.165) is 5.56 Å². The number of guanidine groups is 1. The molecule has 1 aromatic carbocycles. The van der Waals surface area contributed by atoms with Crippen molar-refractivity contribution >= 4 is 23.7 Å². The molecule has 0 radical (unpaired) electrons. The van der Waals surface area contributed by atoms with Crippen LogP contribution in [-0.4, -0.2) is 66.3 Å². The Hall–Kier alpha value is -3.14. The summed E-state index contributed by atoms with van der Waals surface area (Å²) in [5.74, 6) is -1.21. The van der Waals surface area contributed by atoms with Crippen LogP contribution < -0.4 is 27.8 Å². The summed E-state index contributed by atoms with van der Waals surface area (Å²) in [4.78, 5) is 44.0. The summed E-state index contributed by atoms with van der Waals surface area (Å²) in [6.07, 6.45) is 1.98. The van der Waals surface area contributed by atoms with Crippen molar-refractivity contribution in [1.82, 2.24) is 15.5 Å². The van der Waals surface area contributed by atoms with Crippen LogP contribution in [0.5, 0.6) is 0 Å². The molecule has 0 aliphatic heterocycles. The number of carbonyl (C=O) groups excluding carboxylic acids is 3. The molecule has 0 spiro atoms. The van der Waals surface area contributed by atoms with Crippen LogP contribution in [-0.2, 0) is 20.8 Å². The molecule has 0 aliphatic carbocycles. The van der Waals surface area contributed by atoms with E-state index in [0.29, 0.717) is 44.9 Å². The minimum absolute atomic E-state index is 0.169. The number of nitrogens with two attached hydrogens (primary N) is 3. The van der Waals surface area contributed by atoms with Crippen LogP contribution in [0.2, 0.25) is 0 Å². The van der Waals surface area contributed by atoms with E-state index < -0.39 is 35.8 Å². The third-order valence-electron chi connectivity index (χ3n) is 6.04. The highest BCUT2D eigenvalue weighted by atomic mass is 16.2. The van der Waals surface area contributed by atoms with Crippen LogP contribution in [0, 0.1) is 5.92 Å².